The van der Waals surface area contributed by atoms with Gasteiger partial charge in [0.15, 0.2) is 0 Å². The molecule has 0 aromatic heterocycles. The monoisotopic (exact) mass is 256 g/mol. The minimum atomic E-state index is 0.873. The van der Waals surface area contributed by atoms with Crippen LogP contribution in [0.2, 0.25) is 0 Å². The van der Waals surface area contributed by atoms with Crippen molar-refractivity contribution in [3.8, 4) is 0 Å². The number of hydrogen-bond donors (Lipinski definition) is 2. The van der Waals surface area contributed by atoms with Crippen molar-refractivity contribution >= 4 is 0 Å². The van der Waals surface area contributed by atoms with Crippen LogP contribution in [0.4, 0.5) is 0 Å². The Labute approximate surface area is 113 Å². The summed E-state index contributed by atoms with van der Waals surface area (Å²) in [6.45, 7) is 6.37. The molecule has 1 fully saturated rings. The molecule has 1 saturated heterocycles. The second-order valence-electron chi connectivity index (χ2n) is 5.29. The van der Waals surface area contributed by atoms with Crippen LogP contribution in [-0.4, -0.2) is 39.4 Å². The van der Waals surface area contributed by atoms with Gasteiger partial charge in [-0.25, -0.2) is 0 Å². The highest BCUT2D eigenvalue weighted by Gasteiger charge is 1.95. The van der Waals surface area contributed by atoms with Gasteiger partial charge < -0.3 is 15.4 Å². The van der Waals surface area contributed by atoms with E-state index in [1.54, 1.807) is 0 Å². The molecule has 18 heavy (non-hydrogen) atoms. The van der Waals surface area contributed by atoms with E-state index in [1.807, 2.05) is 0 Å². The van der Waals surface area contributed by atoms with Crippen LogP contribution in [0, 0.1) is 0 Å². The van der Waals surface area contributed by atoms with Crippen LogP contribution < -0.4 is 10.6 Å². The number of ether oxygens (including phenoxy) is 1. The summed E-state index contributed by atoms with van der Waals surface area (Å²) in [6, 6.07) is 0. The number of rotatable bonds is 0. The highest BCUT2D eigenvalue weighted by Crippen LogP contribution is 2.04. The SMILES string of the molecule is C1CCCCNCCOCCCCCNCCC1. The maximum Gasteiger partial charge on any atom is 0.0590 e. The van der Waals surface area contributed by atoms with E-state index in [0.717, 1.165) is 26.3 Å². The van der Waals surface area contributed by atoms with Crippen LogP contribution in [0.25, 0.3) is 0 Å². The molecule has 0 saturated carbocycles. The van der Waals surface area contributed by atoms with Crippen LogP contribution in [0.1, 0.15) is 57.8 Å². The molecular formula is C15H32N2O. The van der Waals surface area contributed by atoms with Crippen LogP contribution in [-0.2, 0) is 4.74 Å². The van der Waals surface area contributed by atoms with Gasteiger partial charge in [-0.05, 0) is 51.7 Å². The average molecular weight is 256 g/mol. The van der Waals surface area contributed by atoms with E-state index < -0.39 is 0 Å². The van der Waals surface area contributed by atoms with Gasteiger partial charge in [-0.15, -0.1) is 0 Å². The molecule has 0 unspecified atom stereocenters. The minimum Gasteiger partial charge on any atom is -0.380 e. The number of nitrogens with one attached hydrogen (secondary N) is 2. The molecule has 0 radical (unpaired) electrons. The molecule has 1 heterocycles. The minimum absolute atomic E-state index is 0.873. The molecule has 1 aliphatic heterocycles. The van der Waals surface area contributed by atoms with Gasteiger partial charge in [0.25, 0.3) is 0 Å². The summed E-state index contributed by atoms with van der Waals surface area (Å²) < 4.78 is 5.60. The molecule has 0 aliphatic carbocycles. The lowest BCUT2D eigenvalue weighted by molar-refractivity contribution is 0.131. The maximum atomic E-state index is 5.60. The highest BCUT2D eigenvalue weighted by atomic mass is 16.5. The topological polar surface area (TPSA) is 33.3 Å². The summed E-state index contributed by atoms with van der Waals surface area (Å²) in [4.78, 5) is 0. The molecule has 1 rings (SSSR count). The standard InChI is InChI=1S/C15H32N2O/c1-2-4-7-12-17-13-15-18-14-9-5-8-11-16-10-6-3-1/h16-17H,1-15H2. The molecule has 3 heteroatoms. The highest BCUT2D eigenvalue weighted by molar-refractivity contribution is 4.53. The lowest BCUT2D eigenvalue weighted by Gasteiger charge is -2.08. The zero-order chi connectivity index (χ0) is 12.7. The van der Waals surface area contributed by atoms with Gasteiger partial charge >= 0.3 is 0 Å². The predicted octanol–water partition coefficient (Wildman–Crippen LogP) is 2.71. The summed E-state index contributed by atoms with van der Waals surface area (Å²) in [5.74, 6) is 0. The third-order valence-corrected chi connectivity index (χ3v) is 3.52. The van der Waals surface area contributed by atoms with Crippen LogP contribution in [0.5, 0.6) is 0 Å². The van der Waals surface area contributed by atoms with Gasteiger partial charge in [0.05, 0.1) is 6.61 Å². The molecule has 0 bridgehead atoms. The van der Waals surface area contributed by atoms with Crippen molar-refractivity contribution < 1.29 is 4.74 Å². The molecule has 0 amide bonds. The summed E-state index contributed by atoms with van der Waals surface area (Å²) in [7, 11) is 0. The second kappa shape index (κ2) is 13.3. The van der Waals surface area contributed by atoms with Gasteiger partial charge in [0.2, 0.25) is 0 Å². The van der Waals surface area contributed by atoms with Gasteiger partial charge in [-0.3, -0.25) is 0 Å². The van der Waals surface area contributed by atoms with Gasteiger partial charge in [0.1, 0.15) is 0 Å². The van der Waals surface area contributed by atoms with Crippen LogP contribution in [0.3, 0.4) is 0 Å². The van der Waals surface area contributed by atoms with Crippen LogP contribution in [0.15, 0.2) is 0 Å². The first-order chi connectivity index (χ1) is 9.00. The maximum absolute atomic E-state index is 5.60. The first kappa shape index (κ1) is 15.9. The molecule has 3 nitrogen and oxygen atoms in total. The zero-order valence-electron chi connectivity index (χ0n) is 12.0. The molecule has 0 atom stereocenters. The zero-order valence-corrected chi connectivity index (χ0v) is 12.0. The molecule has 1 aliphatic rings. The first-order valence-corrected chi connectivity index (χ1v) is 7.99. The van der Waals surface area contributed by atoms with Crippen molar-refractivity contribution in [1.82, 2.24) is 10.6 Å². The van der Waals surface area contributed by atoms with Crippen molar-refractivity contribution in [1.29, 1.82) is 0 Å². The van der Waals surface area contributed by atoms with Crippen LogP contribution >= 0.6 is 0 Å². The first-order valence-electron chi connectivity index (χ1n) is 7.99. The van der Waals surface area contributed by atoms with E-state index in [1.165, 1.54) is 70.9 Å². The number of hydrogen-bond acceptors (Lipinski definition) is 3. The molecule has 2 N–H and O–H groups in total. The Morgan fingerprint density at radius 3 is 1.61 bits per heavy atom. The normalized spacial score (nSPS) is 24.0. The van der Waals surface area contributed by atoms with Crippen molar-refractivity contribution in [2.75, 3.05) is 39.4 Å². The molecule has 108 valence electrons. The molecule has 0 aromatic carbocycles. The summed E-state index contributed by atoms with van der Waals surface area (Å²) >= 11 is 0. The largest absolute Gasteiger partial charge is 0.380 e. The van der Waals surface area contributed by atoms with Gasteiger partial charge in [-0.1, -0.05) is 25.7 Å². The van der Waals surface area contributed by atoms with E-state index in [9.17, 15) is 0 Å². The van der Waals surface area contributed by atoms with Gasteiger partial charge in [0, 0.05) is 13.2 Å². The molecule has 0 spiro atoms. The molecule has 0 aromatic rings. The fraction of sp³-hybridized carbons (Fsp3) is 1.00. The van der Waals surface area contributed by atoms with Gasteiger partial charge in [-0.2, -0.15) is 0 Å². The quantitative estimate of drug-likeness (QED) is 0.699. The Kier molecular flexibility index (Phi) is 11.8. The van der Waals surface area contributed by atoms with Crippen molar-refractivity contribution in [2.45, 2.75) is 57.8 Å². The Hall–Kier alpha value is -0.120. The molecular weight excluding hydrogens is 224 g/mol. The Morgan fingerprint density at radius 1 is 0.444 bits per heavy atom. The fourth-order valence-corrected chi connectivity index (χ4v) is 2.33. The Bertz CT molecular complexity index is 89.5. The van der Waals surface area contributed by atoms with Crippen molar-refractivity contribution in [3.63, 3.8) is 0 Å². The van der Waals surface area contributed by atoms with Crippen molar-refractivity contribution in [3.05, 3.63) is 0 Å². The third-order valence-electron chi connectivity index (χ3n) is 3.52. The summed E-state index contributed by atoms with van der Waals surface area (Å²) in [5.41, 5.74) is 0. The predicted molar refractivity (Wildman–Crippen MR) is 78.1 cm³/mol. The average Bonchev–Trinajstić information content (AvgIpc) is 2.39. The fourth-order valence-electron chi connectivity index (χ4n) is 2.33. The summed E-state index contributed by atoms with van der Waals surface area (Å²) in [5, 5.41) is 6.99. The van der Waals surface area contributed by atoms with E-state index >= 15 is 0 Å². The smallest absolute Gasteiger partial charge is 0.0590 e. The Balaban J connectivity index is 2.00. The Morgan fingerprint density at radius 2 is 0.944 bits per heavy atom. The second-order valence-corrected chi connectivity index (χ2v) is 5.29. The van der Waals surface area contributed by atoms with E-state index in [2.05, 4.69) is 10.6 Å². The lowest BCUT2D eigenvalue weighted by atomic mass is 10.1. The van der Waals surface area contributed by atoms with Crippen molar-refractivity contribution in [2.24, 2.45) is 0 Å². The van der Waals surface area contributed by atoms with E-state index in [4.69, 9.17) is 4.74 Å². The van der Waals surface area contributed by atoms with E-state index in [0.29, 0.717) is 0 Å². The lowest BCUT2D eigenvalue weighted by Crippen LogP contribution is -2.21. The summed E-state index contributed by atoms with van der Waals surface area (Å²) in [6.07, 6.45) is 12.0. The third kappa shape index (κ3) is 11.0. The van der Waals surface area contributed by atoms with E-state index in [-0.39, 0.29) is 0 Å².